The third-order valence-electron chi connectivity index (χ3n) is 2.51. The van der Waals surface area contributed by atoms with Crippen molar-refractivity contribution in [3.05, 3.63) is 35.9 Å². The topological polar surface area (TPSA) is 76.9 Å². The highest BCUT2D eigenvalue weighted by Gasteiger charge is 2.19. The van der Waals surface area contributed by atoms with Gasteiger partial charge in [0.15, 0.2) is 0 Å². The average Bonchev–Trinajstić information content (AvgIpc) is 2.81. The van der Waals surface area contributed by atoms with Crippen LogP contribution in [0.5, 0.6) is 0 Å². The van der Waals surface area contributed by atoms with Crippen molar-refractivity contribution in [3.8, 4) is 5.69 Å². The molecule has 2 aromatic rings. The van der Waals surface area contributed by atoms with Crippen molar-refractivity contribution in [2.45, 2.75) is 19.1 Å². The smallest absolute Gasteiger partial charge is 0.235 e. The summed E-state index contributed by atoms with van der Waals surface area (Å²) in [6, 6.07) is 4.95. The highest BCUT2D eigenvalue weighted by molar-refractivity contribution is 7.93. The Bertz CT molecular complexity index is 668. The van der Waals surface area contributed by atoms with Crippen LogP contribution in [-0.4, -0.2) is 28.4 Å². The average molecular weight is 301 g/mol. The summed E-state index contributed by atoms with van der Waals surface area (Å²) in [5.41, 5.74) is 0.817. The number of aromatic nitrogens is 3. The lowest BCUT2D eigenvalue weighted by Gasteiger charge is -2.15. The van der Waals surface area contributed by atoms with E-state index in [2.05, 4.69) is 14.8 Å². The van der Waals surface area contributed by atoms with Crippen molar-refractivity contribution < 1.29 is 8.42 Å². The van der Waals surface area contributed by atoms with E-state index in [4.69, 9.17) is 11.6 Å². The summed E-state index contributed by atoms with van der Waals surface area (Å²) in [6.45, 7) is 3.20. The van der Waals surface area contributed by atoms with Crippen LogP contribution in [0.2, 0.25) is 5.02 Å². The van der Waals surface area contributed by atoms with Gasteiger partial charge in [-0.2, -0.15) is 5.10 Å². The van der Waals surface area contributed by atoms with Crippen LogP contribution in [0.3, 0.4) is 0 Å². The van der Waals surface area contributed by atoms with Crippen LogP contribution in [-0.2, 0) is 10.0 Å². The Morgan fingerprint density at radius 1 is 1.37 bits per heavy atom. The molecule has 102 valence electrons. The van der Waals surface area contributed by atoms with Crippen LogP contribution in [0.15, 0.2) is 30.9 Å². The number of hydrogen-bond donors (Lipinski definition) is 1. The second-order valence-corrected chi connectivity index (χ2v) is 6.82. The molecule has 0 aliphatic carbocycles. The second kappa shape index (κ2) is 5.18. The molecular weight excluding hydrogens is 288 g/mol. The first kappa shape index (κ1) is 13.8. The van der Waals surface area contributed by atoms with Crippen LogP contribution < -0.4 is 4.72 Å². The van der Waals surface area contributed by atoms with Gasteiger partial charge in [-0.15, -0.1) is 0 Å². The van der Waals surface area contributed by atoms with Gasteiger partial charge >= 0.3 is 0 Å². The molecule has 0 amide bonds. The van der Waals surface area contributed by atoms with E-state index in [0.29, 0.717) is 16.4 Å². The van der Waals surface area contributed by atoms with Gasteiger partial charge in [-0.25, -0.2) is 18.1 Å². The molecule has 1 aromatic heterocycles. The Hall–Kier alpha value is -1.60. The van der Waals surface area contributed by atoms with E-state index in [-0.39, 0.29) is 0 Å². The minimum Gasteiger partial charge on any atom is -0.281 e. The van der Waals surface area contributed by atoms with Gasteiger partial charge in [0.05, 0.1) is 16.0 Å². The molecule has 2 rings (SSSR count). The van der Waals surface area contributed by atoms with E-state index < -0.39 is 15.3 Å². The molecule has 0 radical (unpaired) electrons. The van der Waals surface area contributed by atoms with Gasteiger partial charge in [0.2, 0.25) is 10.0 Å². The number of anilines is 1. The van der Waals surface area contributed by atoms with Crippen LogP contribution in [0.4, 0.5) is 5.69 Å². The zero-order valence-electron chi connectivity index (χ0n) is 10.4. The number of sulfonamides is 1. The molecule has 0 aliphatic heterocycles. The fourth-order valence-electron chi connectivity index (χ4n) is 1.43. The van der Waals surface area contributed by atoms with Gasteiger partial charge in [0.1, 0.15) is 18.3 Å². The first-order valence-corrected chi connectivity index (χ1v) is 7.49. The minimum absolute atomic E-state index is 0.367. The molecule has 0 saturated heterocycles. The maximum Gasteiger partial charge on any atom is 0.235 e. The Balaban J connectivity index is 2.51. The number of nitrogens with zero attached hydrogens (tertiary/aromatic N) is 3. The summed E-state index contributed by atoms with van der Waals surface area (Å²) < 4.78 is 27.8. The summed E-state index contributed by atoms with van der Waals surface area (Å²) in [4.78, 5) is 3.83. The molecule has 0 unspecified atom stereocenters. The van der Waals surface area contributed by atoms with Crippen molar-refractivity contribution in [1.29, 1.82) is 0 Å². The Morgan fingerprint density at radius 3 is 2.68 bits per heavy atom. The summed E-state index contributed by atoms with van der Waals surface area (Å²) >= 11 is 6.11. The number of hydrogen-bond acceptors (Lipinski definition) is 4. The summed E-state index contributed by atoms with van der Waals surface area (Å²) in [5.74, 6) is 0. The summed E-state index contributed by atoms with van der Waals surface area (Å²) in [6.07, 6.45) is 2.80. The highest BCUT2D eigenvalue weighted by atomic mass is 35.5. The van der Waals surface area contributed by atoms with Crippen LogP contribution >= 0.6 is 11.6 Å². The Kier molecular flexibility index (Phi) is 3.77. The number of rotatable bonds is 4. The summed E-state index contributed by atoms with van der Waals surface area (Å²) in [5, 5.41) is 3.81. The van der Waals surface area contributed by atoms with Crippen LogP contribution in [0.1, 0.15) is 13.8 Å². The van der Waals surface area contributed by atoms with E-state index in [1.807, 2.05) is 0 Å². The largest absolute Gasteiger partial charge is 0.281 e. The fraction of sp³-hybridized carbons (Fsp3) is 0.273. The Morgan fingerprint density at radius 2 is 2.11 bits per heavy atom. The van der Waals surface area contributed by atoms with Crippen molar-refractivity contribution >= 4 is 27.3 Å². The molecule has 19 heavy (non-hydrogen) atoms. The van der Waals surface area contributed by atoms with E-state index >= 15 is 0 Å². The molecule has 0 saturated carbocycles. The molecule has 0 spiro atoms. The lowest BCUT2D eigenvalue weighted by atomic mass is 10.3. The van der Waals surface area contributed by atoms with Crippen LogP contribution in [0.25, 0.3) is 5.69 Å². The molecule has 8 heteroatoms. The SMILES string of the molecule is CC(C)S(=O)(=O)Nc1cccc(Cl)c1-n1cncn1. The van der Waals surface area contributed by atoms with E-state index in [9.17, 15) is 8.42 Å². The van der Waals surface area contributed by atoms with Gasteiger partial charge in [0.25, 0.3) is 0 Å². The van der Waals surface area contributed by atoms with Crippen molar-refractivity contribution in [3.63, 3.8) is 0 Å². The molecule has 0 aliphatic rings. The minimum atomic E-state index is -3.45. The maximum absolute atomic E-state index is 11.9. The van der Waals surface area contributed by atoms with E-state index in [1.165, 1.54) is 17.3 Å². The Labute approximate surface area is 116 Å². The standard InChI is InChI=1S/C11H13ClN4O2S/c1-8(2)19(17,18)15-10-5-3-4-9(12)11(10)16-7-13-6-14-16/h3-8,15H,1-2H3. The predicted octanol–water partition coefficient (Wildman–Crippen LogP) is 2.07. The lowest BCUT2D eigenvalue weighted by Crippen LogP contribution is -2.23. The van der Waals surface area contributed by atoms with E-state index in [1.54, 1.807) is 32.0 Å². The number of benzene rings is 1. The first-order chi connectivity index (χ1) is 8.92. The molecule has 1 N–H and O–H groups in total. The number of para-hydroxylation sites is 1. The monoisotopic (exact) mass is 300 g/mol. The maximum atomic E-state index is 11.9. The van der Waals surface area contributed by atoms with Gasteiger partial charge in [0, 0.05) is 0 Å². The summed E-state index contributed by atoms with van der Waals surface area (Å²) in [7, 11) is -3.45. The third kappa shape index (κ3) is 2.87. The van der Waals surface area contributed by atoms with Gasteiger partial charge in [-0.05, 0) is 26.0 Å². The molecule has 0 fully saturated rings. The zero-order valence-corrected chi connectivity index (χ0v) is 12.0. The highest BCUT2D eigenvalue weighted by Crippen LogP contribution is 2.28. The molecular formula is C11H13ClN4O2S. The molecule has 1 heterocycles. The van der Waals surface area contributed by atoms with Gasteiger partial charge in [-0.3, -0.25) is 4.72 Å². The number of halogens is 1. The van der Waals surface area contributed by atoms with Crippen LogP contribution in [0, 0.1) is 0 Å². The lowest BCUT2D eigenvalue weighted by molar-refractivity contribution is 0.592. The fourth-order valence-corrected chi connectivity index (χ4v) is 2.39. The zero-order chi connectivity index (χ0) is 14.0. The molecule has 6 nitrogen and oxygen atoms in total. The number of nitrogens with one attached hydrogen (secondary N) is 1. The normalized spacial score (nSPS) is 11.8. The van der Waals surface area contributed by atoms with Crippen molar-refractivity contribution in [2.75, 3.05) is 4.72 Å². The van der Waals surface area contributed by atoms with Crippen molar-refractivity contribution in [1.82, 2.24) is 14.8 Å². The molecule has 0 atom stereocenters. The van der Waals surface area contributed by atoms with Gasteiger partial charge in [-0.1, -0.05) is 17.7 Å². The van der Waals surface area contributed by atoms with E-state index in [0.717, 1.165) is 0 Å². The molecule has 1 aromatic carbocycles. The predicted molar refractivity (Wildman–Crippen MR) is 74.0 cm³/mol. The first-order valence-electron chi connectivity index (χ1n) is 5.57. The van der Waals surface area contributed by atoms with Crippen molar-refractivity contribution in [2.24, 2.45) is 0 Å². The second-order valence-electron chi connectivity index (χ2n) is 4.17. The molecule has 0 bridgehead atoms. The third-order valence-corrected chi connectivity index (χ3v) is 4.56. The van der Waals surface area contributed by atoms with Gasteiger partial charge < -0.3 is 0 Å². The quantitative estimate of drug-likeness (QED) is 0.937.